The van der Waals surface area contributed by atoms with Crippen LogP contribution < -0.4 is 5.56 Å². The van der Waals surface area contributed by atoms with Gasteiger partial charge < -0.3 is 0 Å². The Morgan fingerprint density at radius 1 is 1.41 bits per heavy atom. The van der Waals surface area contributed by atoms with Crippen LogP contribution >= 0.6 is 0 Å². The number of nitrogens with zero attached hydrogens (tertiary/aromatic N) is 2. The van der Waals surface area contributed by atoms with E-state index < -0.39 is 5.56 Å². The van der Waals surface area contributed by atoms with Crippen molar-refractivity contribution in [2.24, 2.45) is 0 Å². The van der Waals surface area contributed by atoms with Gasteiger partial charge in [0.2, 0.25) is 0 Å². The van der Waals surface area contributed by atoms with Gasteiger partial charge in [-0.2, -0.15) is 10.4 Å². The summed E-state index contributed by atoms with van der Waals surface area (Å²) in [5.74, 6) is -0.323. The molecule has 0 bridgehead atoms. The zero-order valence-electron chi connectivity index (χ0n) is 8.99. The van der Waals surface area contributed by atoms with Gasteiger partial charge in [-0.1, -0.05) is 0 Å². The molecule has 5 heteroatoms. The van der Waals surface area contributed by atoms with E-state index in [9.17, 15) is 9.18 Å². The van der Waals surface area contributed by atoms with Crippen LogP contribution in [0.25, 0.3) is 11.3 Å². The number of nitriles is 1. The first-order valence-electron chi connectivity index (χ1n) is 4.88. The number of aromatic amines is 1. The topological polar surface area (TPSA) is 69.5 Å². The molecule has 0 spiro atoms. The summed E-state index contributed by atoms with van der Waals surface area (Å²) in [6.45, 7) is 1.62. The molecule has 0 fully saturated rings. The summed E-state index contributed by atoms with van der Waals surface area (Å²) in [5, 5.41) is 15.0. The zero-order chi connectivity index (χ0) is 12.4. The highest BCUT2D eigenvalue weighted by Gasteiger charge is 2.09. The van der Waals surface area contributed by atoms with Crippen molar-refractivity contribution in [3.63, 3.8) is 0 Å². The molecule has 17 heavy (non-hydrogen) atoms. The van der Waals surface area contributed by atoms with Crippen molar-refractivity contribution in [1.29, 1.82) is 5.26 Å². The van der Waals surface area contributed by atoms with E-state index in [0.29, 0.717) is 16.8 Å². The number of hydrogen-bond acceptors (Lipinski definition) is 3. The first-order valence-corrected chi connectivity index (χ1v) is 4.88. The molecule has 2 aromatic rings. The van der Waals surface area contributed by atoms with Crippen LogP contribution in [0.1, 0.15) is 11.1 Å². The maximum atomic E-state index is 13.1. The molecule has 0 amide bonds. The summed E-state index contributed by atoms with van der Waals surface area (Å²) in [5.41, 5.74) is 1.12. The van der Waals surface area contributed by atoms with Crippen molar-refractivity contribution < 1.29 is 4.39 Å². The fraction of sp³-hybridized carbons (Fsp3) is 0.0833. The number of H-pyrrole nitrogens is 1. The normalized spacial score (nSPS) is 9.94. The summed E-state index contributed by atoms with van der Waals surface area (Å²) in [6.07, 6.45) is 0. The van der Waals surface area contributed by atoms with E-state index in [1.165, 1.54) is 18.2 Å². The molecule has 0 saturated carbocycles. The average molecular weight is 229 g/mol. The van der Waals surface area contributed by atoms with E-state index in [0.717, 1.165) is 0 Å². The quantitative estimate of drug-likeness (QED) is 0.809. The predicted molar refractivity (Wildman–Crippen MR) is 59.7 cm³/mol. The Hall–Kier alpha value is -2.48. The van der Waals surface area contributed by atoms with E-state index >= 15 is 0 Å². The number of benzene rings is 1. The first-order chi connectivity index (χ1) is 8.11. The van der Waals surface area contributed by atoms with E-state index in [-0.39, 0.29) is 11.4 Å². The molecule has 0 aliphatic carbocycles. The number of aromatic nitrogens is 2. The fourth-order valence-electron chi connectivity index (χ4n) is 1.50. The third-order valence-corrected chi connectivity index (χ3v) is 2.36. The first kappa shape index (κ1) is 11.0. The summed E-state index contributed by atoms with van der Waals surface area (Å²) in [7, 11) is 0. The Kier molecular flexibility index (Phi) is 2.71. The molecule has 0 atom stereocenters. The summed E-state index contributed by atoms with van der Waals surface area (Å²) in [4.78, 5) is 11.0. The third-order valence-electron chi connectivity index (χ3n) is 2.36. The van der Waals surface area contributed by atoms with Crippen molar-refractivity contribution >= 4 is 0 Å². The summed E-state index contributed by atoms with van der Waals surface area (Å²) < 4.78 is 13.1. The van der Waals surface area contributed by atoms with Gasteiger partial charge in [0, 0.05) is 11.6 Å². The Balaban J connectivity index is 2.65. The molecule has 0 saturated heterocycles. The van der Waals surface area contributed by atoms with Crippen LogP contribution in [-0.2, 0) is 0 Å². The van der Waals surface area contributed by atoms with Gasteiger partial charge in [-0.05, 0) is 30.7 Å². The third kappa shape index (κ3) is 2.06. The van der Waals surface area contributed by atoms with Crippen LogP contribution in [0.15, 0.2) is 29.1 Å². The molecule has 0 radical (unpaired) electrons. The van der Waals surface area contributed by atoms with Crippen LogP contribution in [0.2, 0.25) is 0 Å². The lowest BCUT2D eigenvalue weighted by molar-refractivity contribution is 0.618. The van der Waals surface area contributed by atoms with E-state index in [4.69, 9.17) is 5.26 Å². The number of rotatable bonds is 1. The highest BCUT2D eigenvalue weighted by molar-refractivity contribution is 5.66. The van der Waals surface area contributed by atoms with Crippen LogP contribution in [0.3, 0.4) is 0 Å². The summed E-state index contributed by atoms with van der Waals surface area (Å²) in [6, 6.07) is 7.46. The highest BCUT2D eigenvalue weighted by Crippen LogP contribution is 2.21. The van der Waals surface area contributed by atoms with E-state index in [2.05, 4.69) is 10.2 Å². The second-order valence-electron chi connectivity index (χ2n) is 3.57. The van der Waals surface area contributed by atoms with Crippen molar-refractivity contribution in [1.82, 2.24) is 10.2 Å². The van der Waals surface area contributed by atoms with Crippen molar-refractivity contribution in [3.8, 4) is 17.3 Å². The van der Waals surface area contributed by atoms with Crippen LogP contribution in [-0.4, -0.2) is 10.2 Å². The second-order valence-corrected chi connectivity index (χ2v) is 3.57. The largest absolute Gasteiger partial charge is 0.268 e. The van der Waals surface area contributed by atoms with Gasteiger partial charge in [0.05, 0.1) is 5.56 Å². The Morgan fingerprint density at radius 3 is 2.82 bits per heavy atom. The van der Waals surface area contributed by atoms with Gasteiger partial charge in [-0.3, -0.25) is 4.79 Å². The lowest BCUT2D eigenvalue weighted by Crippen LogP contribution is -2.08. The minimum atomic E-state index is -0.441. The Bertz CT molecular complexity index is 670. The van der Waals surface area contributed by atoms with Crippen LogP contribution in [0, 0.1) is 24.1 Å². The molecule has 1 heterocycles. The van der Waals surface area contributed by atoms with Gasteiger partial charge in [0.1, 0.15) is 17.6 Å². The maximum absolute atomic E-state index is 13.1. The number of nitrogens with one attached hydrogen (secondary N) is 1. The fourth-order valence-corrected chi connectivity index (χ4v) is 1.50. The minimum Gasteiger partial charge on any atom is -0.268 e. The number of halogens is 1. The van der Waals surface area contributed by atoms with E-state index in [1.807, 2.05) is 6.07 Å². The molecule has 1 aromatic heterocycles. The van der Waals surface area contributed by atoms with Gasteiger partial charge in [-0.15, -0.1) is 0 Å². The second kappa shape index (κ2) is 4.18. The molecular weight excluding hydrogens is 221 g/mol. The standard InChI is InChI=1S/C12H8FN3O/c1-7-4-8(2-3-10(7)13)12-9(6-14)5-11(17)15-16-12/h2-5H,1H3,(H,15,17). The molecule has 1 aromatic carbocycles. The van der Waals surface area contributed by atoms with Crippen molar-refractivity contribution in [2.75, 3.05) is 0 Å². The SMILES string of the molecule is Cc1cc(-c2n[nH]c(=O)cc2C#N)ccc1F. The van der Waals surface area contributed by atoms with Crippen molar-refractivity contribution in [3.05, 3.63) is 51.6 Å². The molecule has 4 nitrogen and oxygen atoms in total. The van der Waals surface area contributed by atoms with Gasteiger partial charge in [0.25, 0.3) is 5.56 Å². The molecule has 2 rings (SSSR count). The monoisotopic (exact) mass is 229 g/mol. The van der Waals surface area contributed by atoms with Gasteiger partial charge >= 0.3 is 0 Å². The minimum absolute atomic E-state index is 0.166. The lowest BCUT2D eigenvalue weighted by atomic mass is 10.0. The summed E-state index contributed by atoms with van der Waals surface area (Å²) >= 11 is 0. The molecule has 0 unspecified atom stereocenters. The van der Waals surface area contributed by atoms with Gasteiger partial charge in [0.15, 0.2) is 0 Å². The molecular formula is C12H8FN3O. The number of aryl methyl sites for hydroxylation is 1. The zero-order valence-corrected chi connectivity index (χ0v) is 8.99. The predicted octanol–water partition coefficient (Wildman–Crippen LogP) is 1.76. The maximum Gasteiger partial charge on any atom is 0.265 e. The van der Waals surface area contributed by atoms with Gasteiger partial charge in [-0.25, -0.2) is 9.49 Å². The molecule has 0 aliphatic heterocycles. The smallest absolute Gasteiger partial charge is 0.265 e. The van der Waals surface area contributed by atoms with E-state index in [1.54, 1.807) is 13.0 Å². The number of hydrogen-bond donors (Lipinski definition) is 1. The van der Waals surface area contributed by atoms with Crippen LogP contribution in [0.5, 0.6) is 0 Å². The Labute approximate surface area is 96.3 Å². The van der Waals surface area contributed by atoms with Crippen LogP contribution in [0.4, 0.5) is 4.39 Å². The average Bonchev–Trinajstić information content (AvgIpc) is 2.32. The Morgan fingerprint density at radius 2 is 2.18 bits per heavy atom. The molecule has 1 N–H and O–H groups in total. The highest BCUT2D eigenvalue weighted by atomic mass is 19.1. The lowest BCUT2D eigenvalue weighted by Gasteiger charge is -2.03. The van der Waals surface area contributed by atoms with Crippen molar-refractivity contribution in [2.45, 2.75) is 6.92 Å². The molecule has 0 aliphatic rings. The molecule has 84 valence electrons.